The summed E-state index contributed by atoms with van der Waals surface area (Å²) in [5, 5.41) is 8.06. The molecule has 1 heterocycles. The minimum Gasteiger partial charge on any atom is -0.326 e. The number of thiazole rings is 1. The molecule has 138 valence electrons. The van der Waals surface area contributed by atoms with Crippen LogP contribution in [0.1, 0.15) is 18.9 Å². The number of aryl methyl sites for hydroxylation is 1. The van der Waals surface area contributed by atoms with Gasteiger partial charge in [0, 0.05) is 34.4 Å². The highest BCUT2D eigenvalue weighted by molar-refractivity contribution is 9.10. The van der Waals surface area contributed by atoms with Gasteiger partial charge in [0.05, 0.1) is 5.69 Å². The molecule has 1 aromatic heterocycles. The largest absolute Gasteiger partial charge is 0.326 e. The Balaban J connectivity index is 1.57. The van der Waals surface area contributed by atoms with Gasteiger partial charge in [-0.3, -0.25) is 9.59 Å². The Hall–Kier alpha value is -2.51. The normalized spacial score (nSPS) is 10.4. The third-order valence-corrected chi connectivity index (χ3v) is 5.03. The Morgan fingerprint density at radius 1 is 1.11 bits per heavy atom. The van der Waals surface area contributed by atoms with Gasteiger partial charge in [-0.25, -0.2) is 4.98 Å². The molecule has 5 nitrogen and oxygen atoms in total. The molecule has 0 spiro atoms. The number of anilines is 2. The van der Waals surface area contributed by atoms with Gasteiger partial charge in [0.1, 0.15) is 0 Å². The van der Waals surface area contributed by atoms with Crippen LogP contribution in [0, 0.1) is 0 Å². The smallest absolute Gasteiger partial charge is 0.226 e. The molecule has 2 aromatic carbocycles. The van der Waals surface area contributed by atoms with E-state index < -0.39 is 0 Å². The van der Waals surface area contributed by atoms with Crippen LogP contribution >= 0.6 is 27.3 Å². The maximum absolute atomic E-state index is 12.2. The van der Waals surface area contributed by atoms with Crippen LogP contribution in [0.15, 0.2) is 58.4 Å². The van der Waals surface area contributed by atoms with Crippen LogP contribution in [-0.2, 0) is 16.0 Å². The molecule has 2 amide bonds. The summed E-state index contributed by atoms with van der Waals surface area (Å²) >= 11 is 4.83. The fourth-order valence-electron chi connectivity index (χ4n) is 2.52. The second-order valence-electron chi connectivity index (χ2n) is 5.97. The van der Waals surface area contributed by atoms with E-state index >= 15 is 0 Å². The van der Waals surface area contributed by atoms with E-state index in [-0.39, 0.29) is 11.8 Å². The summed E-state index contributed by atoms with van der Waals surface area (Å²) in [6.45, 7) is 1.47. The van der Waals surface area contributed by atoms with Gasteiger partial charge in [-0.2, -0.15) is 0 Å². The number of nitrogens with one attached hydrogen (secondary N) is 2. The first-order chi connectivity index (χ1) is 13.0. The fraction of sp³-hybridized carbons (Fsp3) is 0.150. The number of amides is 2. The molecule has 2 N–H and O–H groups in total. The van der Waals surface area contributed by atoms with Crippen LogP contribution in [0.4, 0.5) is 10.8 Å². The topological polar surface area (TPSA) is 71.1 Å². The lowest BCUT2D eigenvalue weighted by molar-refractivity contribution is -0.116. The molecule has 0 fully saturated rings. The highest BCUT2D eigenvalue weighted by Gasteiger charge is 2.09. The maximum Gasteiger partial charge on any atom is 0.226 e. The van der Waals surface area contributed by atoms with Crippen molar-refractivity contribution in [1.29, 1.82) is 0 Å². The predicted molar refractivity (Wildman–Crippen MR) is 113 cm³/mol. The summed E-state index contributed by atoms with van der Waals surface area (Å²) in [6, 6.07) is 15.4. The highest BCUT2D eigenvalue weighted by atomic mass is 79.9. The molecular weight excluding hydrogens is 426 g/mol. The van der Waals surface area contributed by atoms with Gasteiger partial charge < -0.3 is 10.6 Å². The Kier molecular flexibility index (Phi) is 6.36. The van der Waals surface area contributed by atoms with E-state index in [9.17, 15) is 9.59 Å². The lowest BCUT2D eigenvalue weighted by Crippen LogP contribution is -2.12. The molecule has 0 bridgehead atoms. The Morgan fingerprint density at radius 2 is 1.89 bits per heavy atom. The van der Waals surface area contributed by atoms with Crippen LogP contribution in [0.5, 0.6) is 0 Å². The van der Waals surface area contributed by atoms with E-state index in [0.29, 0.717) is 18.0 Å². The number of hydrogen-bond acceptors (Lipinski definition) is 4. The minimum absolute atomic E-state index is 0.0584. The molecule has 3 aromatic rings. The standard InChI is InChI=1S/C20H18BrN3O2S/c1-13(25)22-17-8-6-15(7-9-17)18-12-27-20(23-18)24-19(26)10-5-14-3-2-4-16(21)11-14/h2-4,6-9,11-12H,5,10H2,1H3,(H,22,25)(H,23,24,26). The van der Waals surface area contributed by atoms with Gasteiger partial charge in [0.25, 0.3) is 0 Å². The average Bonchev–Trinajstić information content (AvgIpc) is 3.08. The molecule has 0 aliphatic heterocycles. The van der Waals surface area contributed by atoms with Crippen molar-refractivity contribution in [1.82, 2.24) is 4.98 Å². The summed E-state index contributed by atoms with van der Waals surface area (Å²) in [6.07, 6.45) is 1.07. The zero-order valence-corrected chi connectivity index (χ0v) is 17.1. The summed E-state index contributed by atoms with van der Waals surface area (Å²) in [4.78, 5) is 27.7. The van der Waals surface area contributed by atoms with Crippen molar-refractivity contribution in [2.45, 2.75) is 19.8 Å². The number of nitrogens with zero attached hydrogens (tertiary/aromatic N) is 1. The maximum atomic E-state index is 12.2. The number of carbonyl (C=O) groups excluding carboxylic acids is 2. The lowest BCUT2D eigenvalue weighted by Gasteiger charge is -2.03. The first kappa shape index (κ1) is 19.3. The zero-order chi connectivity index (χ0) is 19.2. The van der Waals surface area contributed by atoms with E-state index in [0.717, 1.165) is 27.0 Å². The SMILES string of the molecule is CC(=O)Nc1ccc(-c2csc(NC(=O)CCc3cccc(Br)c3)n2)cc1. The monoisotopic (exact) mass is 443 g/mol. The molecule has 0 aliphatic rings. The van der Waals surface area contributed by atoms with E-state index in [4.69, 9.17) is 0 Å². The molecule has 7 heteroatoms. The van der Waals surface area contributed by atoms with E-state index in [1.807, 2.05) is 53.9 Å². The first-order valence-corrected chi connectivity index (χ1v) is 10.0. The van der Waals surface area contributed by atoms with Gasteiger partial charge >= 0.3 is 0 Å². The van der Waals surface area contributed by atoms with Crippen LogP contribution < -0.4 is 10.6 Å². The number of halogens is 1. The Bertz CT molecular complexity index is 954. The molecule has 0 aliphatic carbocycles. The highest BCUT2D eigenvalue weighted by Crippen LogP contribution is 2.26. The molecule has 0 radical (unpaired) electrons. The van der Waals surface area contributed by atoms with Crippen molar-refractivity contribution in [3.8, 4) is 11.3 Å². The van der Waals surface area contributed by atoms with Gasteiger partial charge in [-0.05, 0) is 36.2 Å². The fourth-order valence-corrected chi connectivity index (χ4v) is 3.71. The van der Waals surface area contributed by atoms with Crippen LogP contribution in [0.25, 0.3) is 11.3 Å². The average molecular weight is 444 g/mol. The number of benzene rings is 2. The molecule has 0 atom stereocenters. The van der Waals surface area contributed by atoms with Crippen molar-refractivity contribution in [2.24, 2.45) is 0 Å². The summed E-state index contributed by atoms with van der Waals surface area (Å²) in [5.41, 5.74) is 3.56. The Labute approximate surface area is 170 Å². The van der Waals surface area contributed by atoms with Crippen molar-refractivity contribution in [2.75, 3.05) is 10.6 Å². The van der Waals surface area contributed by atoms with Gasteiger partial charge in [-0.1, -0.05) is 40.2 Å². The zero-order valence-electron chi connectivity index (χ0n) is 14.7. The number of rotatable bonds is 6. The summed E-state index contributed by atoms with van der Waals surface area (Å²) < 4.78 is 1.01. The Morgan fingerprint density at radius 3 is 2.59 bits per heavy atom. The molecule has 27 heavy (non-hydrogen) atoms. The van der Waals surface area contributed by atoms with Crippen molar-refractivity contribution in [3.05, 3.63) is 63.9 Å². The summed E-state index contributed by atoms with van der Waals surface area (Å²) in [7, 11) is 0. The van der Waals surface area contributed by atoms with Crippen molar-refractivity contribution in [3.63, 3.8) is 0 Å². The lowest BCUT2D eigenvalue weighted by atomic mass is 10.1. The second kappa shape index (κ2) is 8.92. The van der Waals surface area contributed by atoms with Gasteiger partial charge in [0.2, 0.25) is 11.8 Å². The third-order valence-electron chi connectivity index (χ3n) is 3.78. The second-order valence-corrected chi connectivity index (χ2v) is 7.75. The molecule has 0 saturated heterocycles. The number of carbonyl (C=O) groups is 2. The van der Waals surface area contributed by atoms with E-state index in [1.54, 1.807) is 0 Å². The van der Waals surface area contributed by atoms with Crippen molar-refractivity contribution < 1.29 is 9.59 Å². The summed E-state index contributed by atoms with van der Waals surface area (Å²) in [5.74, 6) is -0.166. The molecule has 0 unspecified atom stereocenters. The quantitative estimate of drug-likeness (QED) is 0.556. The van der Waals surface area contributed by atoms with Crippen molar-refractivity contribution >= 4 is 49.9 Å². The van der Waals surface area contributed by atoms with Crippen LogP contribution in [0.2, 0.25) is 0 Å². The predicted octanol–water partition coefficient (Wildman–Crippen LogP) is 5.10. The van der Waals surface area contributed by atoms with E-state index in [2.05, 4.69) is 31.5 Å². The molecule has 3 rings (SSSR count). The molecular formula is C20H18BrN3O2S. The third kappa shape index (κ3) is 5.74. The number of aromatic nitrogens is 1. The molecule has 0 saturated carbocycles. The van der Waals surface area contributed by atoms with Gasteiger partial charge in [0.15, 0.2) is 5.13 Å². The minimum atomic E-state index is -0.107. The van der Waals surface area contributed by atoms with E-state index in [1.165, 1.54) is 18.3 Å². The number of hydrogen-bond donors (Lipinski definition) is 2. The van der Waals surface area contributed by atoms with Crippen LogP contribution in [-0.4, -0.2) is 16.8 Å². The first-order valence-electron chi connectivity index (χ1n) is 8.37. The van der Waals surface area contributed by atoms with Gasteiger partial charge in [-0.15, -0.1) is 11.3 Å². The van der Waals surface area contributed by atoms with Crippen LogP contribution in [0.3, 0.4) is 0 Å².